The van der Waals surface area contributed by atoms with Crippen LogP contribution in [0.1, 0.15) is 22.5 Å². The molecule has 28 heavy (non-hydrogen) atoms. The van der Waals surface area contributed by atoms with Gasteiger partial charge in [0.05, 0.1) is 18.6 Å². The summed E-state index contributed by atoms with van der Waals surface area (Å²) in [5.74, 6) is -0.188. The maximum Gasteiger partial charge on any atom is 0.267 e. The van der Waals surface area contributed by atoms with Crippen molar-refractivity contribution in [2.45, 2.75) is 13.3 Å². The number of nitrogens with one attached hydrogen (secondary N) is 1. The van der Waals surface area contributed by atoms with Crippen molar-refractivity contribution in [2.75, 3.05) is 39.4 Å². The van der Waals surface area contributed by atoms with E-state index in [1.54, 1.807) is 23.9 Å². The Bertz CT molecular complexity index is 1080. The second kappa shape index (κ2) is 7.73. The zero-order chi connectivity index (χ0) is 19.7. The fraction of sp³-hybridized carbons (Fsp3) is 0.450. The minimum absolute atomic E-state index is 0.161. The first-order valence-corrected chi connectivity index (χ1v) is 9.61. The molecule has 0 bridgehead atoms. The van der Waals surface area contributed by atoms with Crippen LogP contribution in [0.3, 0.4) is 0 Å². The summed E-state index contributed by atoms with van der Waals surface area (Å²) in [7, 11) is 1.77. The Kier molecular flexibility index (Phi) is 5.15. The molecular weight excluding hydrogens is 358 g/mol. The molecule has 1 N–H and O–H groups in total. The standard InChI is InChI=1S/C20H25N5O3/c1-14-4-5-17-22-18-15(20(27)25(17)13-14)12-16(23(18)2)19(26)21-6-3-7-24-8-10-28-11-9-24/h4-5,12-13H,3,6-11H2,1-2H3,(H,21,26). The number of carbonyl (C=O) groups is 1. The smallest absolute Gasteiger partial charge is 0.267 e. The predicted octanol–water partition coefficient (Wildman–Crippen LogP) is 0.947. The summed E-state index contributed by atoms with van der Waals surface area (Å²) < 4.78 is 8.56. The van der Waals surface area contributed by atoms with E-state index in [9.17, 15) is 9.59 Å². The second-order valence-corrected chi connectivity index (χ2v) is 7.24. The number of aromatic nitrogens is 3. The maximum atomic E-state index is 12.8. The second-order valence-electron chi connectivity index (χ2n) is 7.24. The lowest BCUT2D eigenvalue weighted by Crippen LogP contribution is -2.38. The summed E-state index contributed by atoms with van der Waals surface area (Å²) >= 11 is 0. The molecule has 3 aromatic heterocycles. The van der Waals surface area contributed by atoms with E-state index in [4.69, 9.17) is 4.74 Å². The predicted molar refractivity (Wildman–Crippen MR) is 107 cm³/mol. The summed E-state index contributed by atoms with van der Waals surface area (Å²) in [6, 6.07) is 5.37. The molecule has 0 atom stereocenters. The fourth-order valence-electron chi connectivity index (χ4n) is 3.61. The Balaban J connectivity index is 1.50. The molecule has 0 aliphatic carbocycles. The number of fused-ring (bicyclic) bond motifs is 2. The van der Waals surface area contributed by atoms with Gasteiger partial charge in [0.2, 0.25) is 0 Å². The summed E-state index contributed by atoms with van der Waals surface area (Å²) in [5.41, 5.74) is 2.35. The quantitative estimate of drug-likeness (QED) is 0.664. The van der Waals surface area contributed by atoms with Crippen LogP contribution < -0.4 is 10.9 Å². The minimum atomic E-state index is -0.188. The maximum absolute atomic E-state index is 12.8. The Morgan fingerprint density at radius 3 is 2.86 bits per heavy atom. The van der Waals surface area contributed by atoms with Crippen molar-refractivity contribution in [3.8, 4) is 0 Å². The van der Waals surface area contributed by atoms with Crippen molar-refractivity contribution in [3.63, 3.8) is 0 Å². The van der Waals surface area contributed by atoms with Crippen molar-refractivity contribution in [1.29, 1.82) is 0 Å². The van der Waals surface area contributed by atoms with Crippen molar-refractivity contribution in [1.82, 2.24) is 24.2 Å². The number of amides is 1. The lowest BCUT2D eigenvalue weighted by atomic mass is 10.3. The van der Waals surface area contributed by atoms with Gasteiger partial charge in [-0.1, -0.05) is 6.07 Å². The molecule has 4 rings (SSSR count). The molecule has 1 aliphatic rings. The summed E-state index contributed by atoms with van der Waals surface area (Å²) in [6.07, 6.45) is 2.64. The van der Waals surface area contributed by atoms with E-state index in [1.807, 2.05) is 19.1 Å². The van der Waals surface area contributed by atoms with Gasteiger partial charge >= 0.3 is 0 Å². The number of carbonyl (C=O) groups excluding carboxylic acids is 1. The van der Waals surface area contributed by atoms with Gasteiger partial charge in [0.1, 0.15) is 17.0 Å². The van der Waals surface area contributed by atoms with Gasteiger partial charge in [-0.15, -0.1) is 0 Å². The molecule has 4 heterocycles. The fourth-order valence-corrected chi connectivity index (χ4v) is 3.61. The zero-order valence-electron chi connectivity index (χ0n) is 16.3. The van der Waals surface area contributed by atoms with Crippen LogP contribution in [0.15, 0.2) is 29.2 Å². The Labute approximate surface area is 162 Å². The highest BCUT2D eigenvalue weighted by Gasteiger charge is 2.17. The number of hydrogen-bond acceptors (Lipinski definition) is 5. The minimum Gasteiger partial charge on any atom is -0.379 e. The monoisotopic (exact) mass is 383 g/mol. The molecule has 1 saturated heterocycles. The molecule has 1 amide bonds. The number of morpholine rings is 1. The molecule has 0 radical (unpaired) electrons. The Hall–Kier alpha value is -2.71. The number of ether oxygens (including phenoxy) is 1. The van der Waals surface area contributed by atoms with Crippen LogP contribution in [0.25, 0.3) is 16.7 Å². The number of nitrogens with zero attached hydrogens (tertiary/aromatic N) is 4. The van der Waals surface area contributed by atoms with E-state index < -0.39 is 0 Å². The van der Waals surface area contributed by atoms with Gasteiger partial charge in [0.15, 0.2) is 0 Å². The average Bonchev–Trinajstić information content (AvgIpc) is 3.04. The first-order chi connectivity index (χ1) is 13.5. The van der Waals surface area contributed by atoms with Crippen molar-refractivity contribution < 1.29 is 9.53 Å². The van der Waals surface area contributed by atoms with Crippen LogP contribution in [0.2, 0.25) is 0 Å². The van der Waals surface area contributed by atoms with E-state index >= 15 is 0 Å². The lowest BCUT2D eigenvalue weighted by Gasteiger charge is -2.26. The Morgan fingerprint density at radius 1 is 1.29 bits per heavy atom. The molecule has 148 valence electrons. The van der Waals surface area contributed by atoms with Gasteiger partial charge in [0, 0.05) is 32.9 Å². The van der Waals surface area contributed by atoms with Crippen LogP contribution in [-0.4, -0.2) is 64.2 Å². The zero-order valence-corrected chi connectivity index (χ0v) is 16.3. The molecular formula is C20H25N5O3. The largest absolute Gasteiger partial charge is 0.379 e. The Morgan fingerprint density at radius 2 is 2.07 bits per heavy atom. The molecule has 0 unspecified atom stereocenters. The number of pyridine rings is 1. The summed E-state index contributed by atoms with van der Waals surface area (Å²) in [4.78, 5) is 32.4. The molecule has 1 aliphatic heterocycles. The van der Waals surface area contributed by atoms with Crippen molar-refractivity contribution in [3.05, 3.63) is 46.0 Å². The van der Waals surface area contributed by atoms with Crippen LogP contribution >= 0.6 is 0 Å². The van der Waals surface area contributed by atoms with E-state index in [0.717, 1.165) is 44.8 Å². The van der Waals surface area contributed by atoms with Gasteiger partial charge in [0.25, 0.3) is 11.5 Å². The molecule has 8 nitrogen and oxygen atoms in total. The normalized spacial score (nSPS) is 15.4. The first-order valence-electron chi connectivity index (χ1n) is 9.61. The van der Waals surface area contributed by atoms with Crippen molar-refractivity contribution in [2.24, 2.45) is 7.05 Å². The topological polar surface area (TPSA) is 80.9 Å². The van der Waals surface area contributed by atoms with Crippen LogP contribution in [0, 0.1) is 6.92 Å². The summed E-state index contributed by atoms with van der Waals surface area (Å²) in [6.45, 7) is 6.89. The molecule has 8 heteroatoms. The molecule has 1 fully saturated rings. The van der Waals surface area contributed by atoms with Crippen LogP contribution in [0.5, 0.6) is 0 Å². The van der Waals surface area contributed by atoms with E-state index in [2.05, 4.69) is 15.2 Å². The molecule has 3 aromatic rings. The highest BCUT2D eigenvalue weighted by molar-refractivity contribution is 5.98. The van der Waals surface area contributed by atoms with Gasteiger partial charge < -0.3 is 14.6 Å². The first kappa shape index (κ1) is 18.6. The van der Waals surface area contributed by atoms with Crippen molar-refractivity contribution >= 4 is 22.6 Å². The molecule has 0 saturated carbocycles. The number of hydrogen-bond donors (Lipinski definition) is 1. The highest BCUT2D eigenvalue weighted by Crippen LogP contribution is 2.15. The van der Waals surface area contributed by atoms with Gasteiger partial charge in [-0.05, 0) is 37.6 Å². The summed E-state index contributed by atoms with van der Waals surface area (Å²) in [5, 5.41) is 3.40. The number of rotatable bonds is 5. The van der Waals surface area contributed by atoms with E-state index in [0.29, 0.717) is 28.9 Å². The average molecular weight is 383 g/mol. The van der Waals surface area contributed by atoms with Gasteiger partial charge in [-0.2, -0.15) is 0 Å². The van der Waals surface area contributed by atoms with Gasteiger partial charge in [-0.25, -0.2) is 4.98 Å². The van der Waals surface area contributed by atoms with E-state index in [1.165, 1.54) is 4.40 Å². The number of aryl methyl sites for hydroxylation is 2. The van der Waals surface area contributed by atoms with Crippen LogP contribution in [-0.2, 0) is 11.8 Å². The molecule has 0 aromatic carbocycles. The SMILES string of the molecule is Cc1ccc2nc3c(cc(C(=O)NCCCN4CCOCC4)n3C)c(=O)n2c1. The third-order valence-electron chi connectivity index (χ3n) is 5.22. The third kappa shape index (κ3) is 3.53. The molecule has 0 spiro atoms. The van der Waals surface area contributed by atoms with Crippen LogP contribution in [0.4, 0.5) is 0 Å². The highest BCUT2D eigenvalue weighted by atomic mass is 16.5. The third-order valence-corrected chi connectivity index (χ3v) is 5.22. The lowest BCUT2D eigenvalue weighted by molar-refractivity contribution is 0.0374. The van der Waals surface area contributed by atoms with Gasteiger partial charge in [-0.3, -0.25) is 18.9 Å². The van der Waals surface area contributed by atoms with E-state index in [-0.39, 0.29) is 11.5 Å².